The standard InChI is InChI=1S/C9H9N3/c1-2-8-7-10-9-5-3-4-6-11-12(8)9/h1,3,5,7,11H,4,6H2. The fourth-order valence-electron chi connectivity index (χ4n) is 1.20. The summed E-state index contributed by atoms with van der Waals surface area (Å²) in [5, 5.41) is 0. The van der Waals surface area contributed by atoms with Crippen LogP contribution in [-0.4, -0.2) is 16.2 Å². The molecule has 1 aromatic heterocycles. The van der Waals surface area contributed by atoms with Crippen LogP contribution in [0.2, 0.25) is 0 Å². The van der Waals surface area contributed by atoms with E-state index < -0.39 is 0 Å². The Balaban J connectivity index is 2.50. The maximum atomic E-state index is 5.29. The van der Waals surface area contributed by atoms with Crippen LogP contribution in [0.1, 0.15) is 17.9 Å². The van der Waals surface area contributed by atoms with E-state index in [1.807, 2.05) is 10.8 Å². The third-order valence-electron chi connectivity index (χ3n) is 1.78. The third kappa shape index (κ3) is 0.978. The van der Waals surface area contributed by atoms with Gasteiger partial charge in [-0.25, -0.2) is 9.66 Å². The van der Waals surface area contributed by atoms with Gasteiger partial charge in [0.15, 0.2) is 5.82 Å². The van der Waals surface area contributed by atoms with Crippen LogP contribution in [0.15, 0.2) is 12.3 Å². The molecule has 1 aliphatic rings. The lowest BCUT2D eigenvalue weighted by atomic mass is 10.4. The summed E-state index contributed by atoms with van der Waals surface area (Å²) in [5.41, 5.74) is 3.95. The van der Waals surface area contributed by atoms with E-state index in [4.69, 9.17) is 6.42 Å². The molecule has 0 atom stereocenters. The molecule has 0 aliphatic carbocycles. The van der Waals surface area contributed by atoms with Crippen molar-refractivity contribution in [3.05, 3.63) is 23.8 Å². The first-order valence-electron chi connectivity index (χ1n) is 3.86. The van der Waals surface area contributed by atoms with E-state index in [2.05, 4.69) is 22.4 Å². The molecule has 0 fully saturated rings. The molecule has 12 heavy (non-hydrogen) atoms. The van der Waals surface area contributed by atoms with Gasteiger partial charge in [0.2, 0.25) is 0 Å². The number of aromatic nitrogens is 2. The number of terminal acetylenes is 1. The molecule has 3 nitrogen and oxygen atoms in total. The van der Waals surface area contributed by atoms with Crippen molar-refractivity contribution in [3.8, 4) is 12.3 Å². The molecule has 0 radical (unpaired) electrons. The second-order valence-corrected chi connectivity index (χ2v) is 2.58. The van der Waals surface area contributed by atoms with Gasteiger partial charge in [0, 0.05) is 6.54 Å². The van der Waals surface area contributed by atoms with Gasteiger partial charge in [-0.05, 0) is 18.4 Å². The van der Waals surface area contributed by atoms with E-state index >= 15 is 0 Å². The zero-order valence-electron chi connectivity index (χ0n) is 6.62. The highest BCUT2D eigenvalue weighted by Crippen LogP contribution is 2.07. The number of nitrogens with one attached hydrogen (secondary N) is 1. The molecule has 2 rings (SSSR count). The lowest BCUT2D eigenvalue weighted by Crippen LogP contribution is -2.17. The lowest BCUT2D eigenvalue weighted by molar-refractivity contribution is 0.827. The molecule has 0 aromatic carbocycles. The van der Waals surface area contributed by atoms with Gasteiger partial charge in [-0.3, -0.25) is 0 Å². The number of hydrogen-bond acceptors (Lipinski definition) is 2. The first-order valence-corrected chi connectivity index (χ1v) is 3.86. The SMILES string of the molecule is C#Cc1cnc2n1NCCC=C2. The van der Waals surface area contributed by atoms with E-state index in [0.717, 1.165) is 24.5 Å². The summed E-state index contributed by atoms with van der Waals surface area (Å²) >= 11 is 0. The Morgan fingerprint density at radius 1 is 1.67 bits per heavy atom. The molecule has 0 saturated carbocycles. The normalized spacial score (nSPS) is 14.2. The second kappa shape index (κ2) is 2.74. The summed E-state index contributed by atoms with van der Waals surface area (Å²) in [4.78, 5) is 4.16. The lowest BCUT2D eigenvalue weighted by Gasteiger charge is -2.06. The number of fused-ring (bicyclic) bond motifs is 1. The largest absolute Gasteiger partial charge is 0.323 e. The van der Waals surface area contributed by atoms with Gasteiger partial charge in [0.25, 0.3) is 0 Å². The van der Waals surface area contributed by atoms with Gasteiger partial charge >= 0.3 is 0 Å². The zero-order valence-corrected chi connectivity index (χ0v) is 6.62. The highest BCUT2D eigenvalue weighted by Gasteiger charge is 2.06. The molecule has 0 amide bonds. The Morgan fingerprint density at radius 3 is 3.42 bits per heavy atom. The average Bonchev–Trinajstić information content (AvgIpc) is 2.33. The van der Waals surface area contributed by atoms with Crippen molar-refractivity contribution < 1.29 is 0 Å². The summed E-state index contributed by atoms with van der Waals surface area (Å²) in [7, 11) is 0. The fourth-order valence-corrected chi connectivity index (χ4v) is 1.20. The third-order valence-corrected chi connectivity index (χ3v) is 1.78. The summed E-state index contributed by atoms with van der Waals surface area (Å²) in [6.07, 6.45) is 12.0. The smallest absolute Gasteiger partial charge is 0.151 e. The molecule has 0 saturated heterocycles. The summed E-state index contributed by atoms with van der Waals surface area (Å²) in [6, 6.07) is 0. The molecule has 3 heteroatoms. The van der Waals surface area contributed by atoms with Gasteiger partial charge in [-0.1, -0.05) is 6.08 Å². The Kier molecular flexibility index (Phi) is 1.60. The minimum absolute atomic E-state index is 0.775. The minimum Gasteiger partial charge on any atom is -0.323 e. The van der Waals surface area contributed by atoms with Crippen molar-refractivity contribution in [1.29, 1.82) is 0 Å². The van der Waals surface area contributed by atoms with Gasteiger partial charge < -0.3 is 5.43 Å². The van der Waals surface area contributed by atoms with Crippen LogP contribution in [0.25, 0.3) is 6.08 Å². The molecule has 0 spiro atoms. The fraction of sp³-hybridized carbons (Fsp3) is 0.222. The van der Waals surface area contributed by atoms with E-state index in [1.165, 1.54) is 0 Å². The Morgan fingerprint density at radius 2 is 2.58 bits per heavy atom. The Labute approximate surface area is 71.1 Å². The molecule has 2 heterocycles. The molecule has 0 unspecified atom stereocenters. The summed E-state index contributed by atoms with van der Waals surface area (Å²) in [6.45, 7) is 0.897. The number of nitrogens with zero attached hydrogens (tertiary/aromatic N) is 2. The minimum atomic E-state index is 0.775. The predicted molar refractivity (Wildman–Crippen MR) is 48.0 cm³/mol. The van der Waals surface area contributed by atoms with Crippen LogP contribution in [0, 0.1) is 12.3 Å². The molecular weight excluding hydrogens is 150 g/mol. The van der Waals surface area contributed by atoms with Crippen LogP contribution < -0.4 is 5.43 Å². The maximum Gasteiger partial charge on any atom is 0.151 e. The van der Waals surface area contributed by atoms with Crippen molar-refractivity contribution in [2.75, 3.05) is 12.0 Å². The first-order chi connectivity index (χ1) is 5.92. The molecule has 1 aliphatic heterocycles. The van der Waals surface area contributed by atoms with Crippen molar-refractivity contribution in [2.24, 2.45) is 0 Å². The van der Waals surface area contributed by atoms with Gasteiger partial charge in [0.05, 0.1) is 6.20 Å². The molecule has 60 valence electrons. The quantitative estimate of drug-likeness (QED) is 0.568. The highest BCUT2D eigenvalue weighted by atomic mass is 15.4. The first kappa shape index (κ1) is 6.99. The Hall–Kier alpha value is -1.69. The number of rotatable bonds is 0. The highest BCUT2D eigenvalue weighted by molar-refractivity contribution is 5.45. The van der Waals surface area contributed by atoms with Crippen molar-refractivity contribution in [1.82, 2.24) is 9.66 Å². The van der Waals surface area contributed by atoms with Gasteiger partial charge in [-0.2, -0.15) is 0 Å². The van der Waals surface area contributed by atoms with Crippen LogP contribution in [-0.2, 0) is 0 Å². The molecule has 1 aromatic rings. The maximum absolute atomic E-state index is 5.29. The predicted octanol–water partition coefficient (Wildman–Crippen LogP) is 0.825. The van der Waals surface area contributed by atoms with Crippen LogP contribution in [0.3, 0.4) is 0 Å². The zero-order chi connectivity index (χ0) is 8.39. The van der Waals surface area contributed by atoms with Crippen LogP contribution >= 0.6 is 0 Å². The van der Waals surface area contributed by atoms with E-state index in [1.54, 1.807) is 6.20 Å². The monoisotopic (exact) mass is 159 g/mol. The molecule has 0 bridgehead atoms. The number of imidazole rings is 1. The Bertz CT molecular complexity index is 354. The average molecular weight is 159 g/mol. The summed E-state index contributed by atoms with van der Waals surface area (Å²) < 4.78 is 1.84. The molecular formula is C9H9N3. The second-order valence-electron chi connectivity index (χ2n) is 2.58. The van der Waals surface area contributed by atoms with E-state index in [-0.39, 0.29) is 0 Å². The van der Waals surface area contributed by atoms with Crippen molar-refractivity contribution in [2.45, 2.75) is 6.42 Å². The van der Waals surface area contributed by atoms with E-state index in [0.29, 0.717) is 0 Å². The van der Waals surface area contributed by atoms with Crippen LogP contribution in [0.4, 0.5) is 0 Å². The van der Waals surface area contributed by atoms with Gasteiger partial charge in [0.1, 0.15) is 5.69 Å². The summed E-state index contributed by atoms with van der Waals surface area (Å²) in [5.74, 6) is 3.44. The van der Waals surface area contributed by atoms with Crippen molar-refractivity contribution in [3.63, 3.8) is 0 Å². The van der Waals surface area contributed by atoms with Crippen molar-refractivity contribution >= 4 is 6.08 Å². The van der Waals surface area contributed by atoms with Gasteiger partial charge in [-0.15, -0.1) is 6.42 Å². The number of hydrogen-bond donors (Lipinski definition) is 1. The molecule has 1 N–H and O–H groups in total. The van der Waals surface area contributed by atoms with E-state index in [9.17, 15) is 0 Å². The topological polar surface area (TPSA) is 29.9 Å². The van der Waals surface area contributed by atoms with Crippen LogP contribution in [0.5, 0.6) is 0 Å².